The second-order valence-electron chi connectivity index (χ2n) is 4.19. The van der Waals surface area contributed by atoms with Crippen LogP contribution in [0.25, 0.3) is 0 Å². The van der Waals surface area contributed by atoms with Gasteiger partial charge in [0.25, 0.3) is 0 Å². The van der Waals surface area contributed by atoms with Gasteiger partial charge in [0.15, 0.2) is 0 Å². The summed E-state index contributed by atoms with van der Waals surface area (Å²) in [7, 11) is 1.66. The molecule has 0 saturated carbocycles. The highest BCUT2D eigenvalue weighted by Gasteiger charge is 2.39. The topological polar surface area (TPSA) is 40.2 Å². The van der Waals surface area contributed by atoms with Crippen LogP contribution in [0.1, 0.15) is 11.7 Å². The number of ether oxygens (including phenoxy) is 4. The monoisotopic (exact) mass is 252 g/mol. The van der Waals surface area contributed by atoms with Gasteiger partial charge in [-0.15, -0.1) is 0 Å². The van der Waals surface area contributed by atoms with E-state index in [0.29, 0.717) is 33.0 Å². The van der Waals surface area contributed by atoms with Gasteiger partial charge in [-0.05, 0) is 5.56 Å². The molecule has 4 nitrogen and oxygen atoms in total. The van der Waals surface area contributed by atoms with Gasteiger partial charge in [0.1, 0.15) is 12.2 Å². The summed E-state index contributed by atoms with van der Waals surface area (Å²) in [4.78, 5) is 0. The Labute approximate surface area is 108 Å². The number of epoxide rings is 1. The summed E-state index contributed by atoms with van der Waals surface area (Å²) in [5.41, 5.74) is 1.22. The first-order valence-electron chi connectivity index (χ1n) is 6.26. The maximum atomic E-state index is 5.56. The van der Waals surface area contributed by atoms with E-state index in [2.05, 4.69) is 12.1 Å². The normalized spacial score (nSPS) is 22.1. The molecule has 1 aromatic carbocycles. The molecule has 4 heteroatoms. The molecule has 100 valence electrons. The predicted octanol–water partition coefficient (Wildman–Crippen LogP) is 1.81. The summed E-state index contributed by atoms with van der Waals surface area (Å²) in [6.45, 7) is 3.08. The van der Waals surface area contributed by atoms with Crippen LogP contribution in [0.3, 0.4) is 0 Å². The van der Waals surface area contributed by atoms with Gasteiger partial charge >= 0.3 is 0 Å². The molecule has 1 aliphatic rings. The van der Waals surface area contributed by atoms with Crippen LogP contribution in [0.15, 0.2) is 30.3 Å². The van der Waals surface area contributed by atoms with Gasteiger partial charge in [0, 0.05) is 7.11 Å². The Kier molecular flexibility index (Phi) is 5.61. The summed E-state index contributed by atoms with van der Waals surface area (Å²) in [5.74, 6) is 0. The lowest BCUT2D eigenvalue weighted by Crippen LogP contribution is -2.11. The molecule has 0 aliphatic carbocycles. The number of rotatable bonds is 9. The van der Waals surface area contributed by atoms with Gasteiger partial charge in [-0.1, -0.05) is 30.3 Å². The lowest BCUT2D eigenvalue weighted by molar-refractivity contribution is 0.0212. The third kappa shape index (κ3) is 4.38. The summed E-state index contributed by atoms with van der Waals surface area (Å²) in [5, 5.41) is 0. The molecule has 0 N–H and O–H groups in total. The van der Waals surface area contributed by atoms with Crippen molar-refractivity contribution in [2.45, 2.75) is 12.2 Å². The zero-order chi connectivity index (χ0) is 12.6. The summed E-state index contributed by atoms with van der Waals surface area (Å²) >= 11 is 0. The Bertz CT molecular complexity index is 328. The Balaban J connectivity index is 1.50. The quantitative estimate of drug-likeness (QED) is 0.496. The third-order valence-corrected chi connectivity index (χ3v) is 2.80. The van der Waals surface area contributed by atoms with Gasteiger partial charge in [-0.3, -0.25) is 0 Å². The fourth-order valence-electron chi connectivity index (χ4n) is 1.77. The lowest BCUT2D eigenvalue weighted by atomic mass is 10.1. The Morgan fingerprint density at radius 3 is 2.50 bits per heavy atom. The van der Waals surface area contributed by atoms with E-state index >= 15 is 0 Å². The second-order valence-corrected chi connectivity index (χ2v) is 4.19. The van der Waals surface area contributed by atoms with Crippen molar-refractivity contribution in [2.75, 3.05) is 40.1 Å². The van der Waals surface area contributed by atoms with Gasteiger partial charge < -0.3 is 18.9 Å². The molecule has 18 heavy (non-hydrogen) atoms. The van der Waals surface area contributed by atoms with Crippen molar-refractivity contribution in [3.05, 3.63) is 35.9 Å². The lowest BCUT2D eigenvalue weighted by Gasteiger charge is -2.03. The number of hydrogen-bond donors (Lipinski definition) is 0. The van der Waals surface area contributed by atoms with Crippen LogP contribution in [0.5, 0.6) is 0 Å². The van der Waals surface area contributed by atoms with E-state index < -0.39 is 0 Å². The van der Waals surface area contributed by atoms with E-state index in [1.54, 1.807) is 7.11 Å². The van der Waals surface area contributed by atoms with Crippen molar-refractivity contribution in [3.63, 3.8) is 0 Å². The van der Waals surface area contributed by atoms with E-state index in [9.17, 15) is 0 Å². The summed E-state index contributed by atoms with van der Waals surface area (Å²) in [6.07, 6.45) is 0.409. The second kappa shape index (κ2) is 7.48. The van der Waals surface area contributed by atoms with E-state index in [1.165, 1.54) is 5.56 Å². The third-order valence-electron chi connectivity index (χ3n) is 2.80. The first-order valence-corrected chi connectivity index (χ1v) is 6.26. The zero-order valence-corrected chi connectivity index (χ0v) is 10.7. The number of hydrogen-bond acceptors (Lipinski definition) is 4. The molecule has 1 aromatic rings. The summed E-state index contributed by atoms with van der Waals surface area (Å²) in [6, 6.07) is 10.2. The van der Waals surface area contributed by atoms with Crippen molar-refractivity contribution >= 4 is 0 Å². The van der Waals surface area contributed by atoms with E-state index in [4.69, 9.17) is 18.9 Å². The average Bonchev–Trinajstić information content (AvgIpc) is 3.18. The fourth-order valence-corrected chi connectivity index (χ4v) is 1.77. The SMILES string of the molecule is COCCOCCOC[C@@H]1O[C@H]1c1ccccc1. The van der Waals surface area contributed by atoms with Gasteiger partial charge in [0.05, 0.1) is 33.0 Å². The highest BCUT2D eigenvalue weighted by Crippen LogP contribution is 2.38. The molecule has 2 rings (SSSR count). The molecule has 1 heterocycles. The zero-order valence-electron chi connectivity index (χ0n) is 10.7. The Morgan fingerprint density at radius 2 is 1.72 bits per heavy atom. The molecular formula is C14H20O4. The minimum Gasteiger partial charge on any atom is -0.382 e. The minimum absolute atomic E-state index is 0.200. The van der Waals surface area contributed by atoms with E-state index in [1.807, 2.05) is 18.2 Å². The van der Waals surface area contributed by atoms with Crippen molar-refractivity contribution in [3.8, 4) is 0 Å². The van der Waals surface area contributed by atoms with Crippen molar-refractivity contribution in [2.24, 2.45) is 0 Å². The Hall–Kier alpha value is -0.940. The first kappa shape index (κ1) is 13.5. The maximum absolute atomic E-state index is 5.56. The molecule has 1 fully saturated rings. The van der Waals surface area contributed by atoms with Crippen molar-refractivity contribution < 1.29 is 18.9 Å². The molecule has 1 saturated heterocycles. The molecule has 1 aliphatic heterocycles. The van der Waals surface area contributed by atoms with Crippen LogP contribution in [0.4, 0.5) is 0 Å². The largest absolute Gasteiger partial charge is 0.382 e. The van der Waals surface area contributed by atoms with Crippen LogP contribution in [-0.4, -0.2) is 46.2 Å². The highest BCUT2D eigenvalue weighted by atomic mass is 16.6. The van der Waals surface area contributed by atoms with Crippen LogP contribution in [0.2, 0.25) is 0 Å². The number of methoxy groups -OCH3 is 1. The molecule has 2 atom stereocenters. The predicted molar refractivity (Wildman–Crippen MR) is 67.6 cm³/mol. The van der Waals surface area contributed by atoms with Crippen molar-refractivity contribution in [1.29, 1.82) is 0 Å². The average molecular weight is 252 g/mol. The minimum atomic E-state index is 0.200. The fraction of sp³-hybridized carbons (Fsp3) is 0.571. The van der Waals surface area contributed by atoms with Crippen LogP contribution >= 0.6 is 0 Å². The van der Waals surface area contributed by atoms with Crippen molar-refractivity contribution in [1.82, 2.24) is 0 Å². The molecule has 0 bridgehead atoms. The first-order chi connectivity index (χ1) is 8.92. The molecule has 0 unspecified atom stereocenters. The van der Waals surface area contributed by atoms with E-state index in [-0.39, 0.29) is 12.2 Å². The Morgan fingerprint density at radius 1 is 1.00 bits per heavy atom. The number of benzene rings is 1. The van der Waals surface area contributed by atoms with Crippen LogP contribution in [0, 0.1) is 0 Å². The van der Waals surface area contributed by atoms with Gasteiger partial charge in [-0.2, -0.15) is 0 Å². The van der Waals surface area contributed by atoms with Crippen LogP contribution in [-0.2, 0) is 18.9 Å². The van der Waals surface area contributed by atoms with Gasteiger partial charge in [0.2, 0.25) is 0 Å². The molecule has 0 amide bonds. The molecule has 0 spiro atoms. The maximum Gasteiger partial charge on any atom is 0.112 e. The van der Waals surface area contributed by atoms with Gasteiger partial charge in [-0.25, -0.2) is 0 Å². The molecular weight excluding hydrogens is 232 g/mol. The standard InChI is InChI=1S/C14H20O4/c1-15-7-8-16-9-10-17-11-13-14(18-13)12-5-3-2-4-6-12/h2-6,13-14H,7-11H2,1H3/t13-,14-/m0/s1. The summed E-state index contributed by atoms with van der Waals surface area (Å²) < 4.78 is 21.2. The molecule has 0 radical (unpaired) electrons. The van der Waals surface area contributed by atoms with Crippen LogP contribution < -0.4 is 0 Å². The van der Waals surface area contributed by atoms with E-state index in [0.717, 1.165) is 0 Å². The smallest absolute Gasteiger partial charge is 0.112 e. The highest BCUT2D eigenvalue weighted by molar-refractivity contribution is 5.22. The molecule has 0 aromatic heterocycles.